The first-order valence-electron chi connectivity index (χ1n) is 8.40. The topological polar surface area (TPSA) is 26.3 Å². The number of hydrogen-bond donors (Lipinski definition) is 0. The summed E-state index contributed by atoms with van der Waals surface area (Å²) in [6.45, 7) is 11.9. The quantitative estimate of drug-likeness (QED) is 0.357. The molecule has 0 fully saturated rings. The summed E-state index contributed by atoms with van der Waals surface area (Å²) in [5.41, 5.74) is 4.39. The van der Waals surface area contributed by atoms with Crippen LogP contribution in [0.25, 0.3) is 0 Å². The third-order valence-electron chi connectivity index (χ3n) is 4.16. The Balaban J connectivity index is 2.42. The first kappa shape index (κ1) is 18.5. The molecule has 128 valence electrons. The van der Waals surface area contributed by atoms with Crippen molar-refractivity contribution in [2.45, 2.75) is 40.5 Å². The van der Waals surface area contributed by atoms with Gasteiger partial charge in [-0.15, -0.1) is 6.58 Å². The van der Waals surface area contributed by atoms with E-state index in [2.05, 4.69) is 18.7 Å². The SMILES string of the molecule is C=CCCCP(=O)(Oc1ccc(C)cc1C)c1ccc(C)cc1C. The molecule has 1 unspecified atom stereocenters. The summed E-state index contributed by atoms with van der Waals surface area (Å²) < 4.78 is 19.9. The minimum absolute atomic E-state index is 0.524. The Kier molecular flexibility index (Phi) is 6.07. The number of benzene rings is 2. The number of allylic oxidation sites excluding steroid dienone is 1. The molecule has 0 saturated carbocycles. The maximum absolute atomic E-state index is 13.8. The summed E-state index contributed by atoms with van der Waals surface area (Å²) >= 11 is 0. The standard InChI is InChI=1S/C21H27O2P/c1-6-7-8-13-24(22,21-12-10-17(3)15-19(21)5)23-20-11-9-16(2)14-18(20)4/h6,9-12,14-15H,1,7-8,13H2,2-5H3. The molecule has 0 N–H and O–H groups in total. The Morgan fingerprint density at radius 2 is 1.62 bits per heavy atom. The van der Waals surface area contributed by atoms with Gasteiger partial charge in [0, 0.05) is 6.16 Å². The van der Waals surface area contributed by atoms with Crippen LogP contribution in [0.2, 0.25) is 0 Å². The van der Waals surface area contributed by atoms with Crippen LogP contribution in [0.1, 0.15) is 35.1 Å². The van der Waals surface area contributed by atoms with Crippen LogP contribution in [0, 0.1) is 27.7 Å². The van der Waals surface area contributed by atoms with Gasteiger partial charge in [-0.1, -0.05) is 41.5 Å². The molecule has 0 spiro atoms. The lowest BCUT2D eigenvalue weighted by atomic mass is 10.1. The normalized spacial score (nSPS) is 13.3. The molecule has 2 nitrogen and oxygen atoms in total. The molecular weight excluding hydrogens is 315 g/mol. The van der Waals surface area contributed by atoms with E-state index in [0.29, 0.717) is 11.9 Å². The summed E-state index contributed by atoms with van der Waals surface area (Å²) in [6, 6.07) is 12.0. The highest BCUT2D eigenvalue weighted by atomic mass is 31.2. The van der Waals surface area contributed by atoms with Gasteiger partial charge in [0.25, 0.3) is 7.37 Å². The number of rotatable bonds is 7. The van der Waals surface area contributed by atoms with Crippen molar-refractivity contribution in [2.24, 2.45) is 0 Å². The van der Waals surface area contributed by atoms with E-state index in [0.717, 1.165) is 29.3 Å². The summed E-state index contributed by atoms with van der Waals surface area (Å²) in [4.78, 5) is 0. The Hall–Kier alpha value is -1.79. The zero-order valence-electron chi connectivity index (χ0n) is 15.1. The second-order valence-corrected chi connectivity index (χ2v) is 8.94. The molecule has 0 aliphatic heterocycles. The van der Waals surface area contributed by atoms with Crippen molar-refractivity contribution >= 4 is 12.7 Å². The third kappa shape index (κ3) is 4.39. The zero-order chi connectivity index (χ0) is 17.7. The van der Waals surface area contributed by atoms with Crippen LogP contribution in [0.4, 0.5) is 0 Å². The number of hydrogen-bond acceptors (Lipinski definition) is 2. The lowest BCUT2D eigenvalue weighted by Crippen LogP contribution is -2.16. The fourth-order valence-electron chi connectivity index (χ4n) is 2.91. The predicted octanol–water partition coefficient (Wildman–Crippen LogP) is 5.87. The molecular formula is C21H27O2P. The van der Waals surface area contributed by atoms with Crippen LogP contribution in [0.5, 0.6) is 5.75 Å². The molecule has 2 aromatic carbocycles. The lowest BCUT2D eigenvalue weighted by Gasteiger charge is -2.23. The van der Waals surface area contributed by atoms with E-state index >= 15 is 0 Å². The van der Waals surface area contributed by atoms with Gasteiger partial charge in [-0.25, -0.2) is 0 Å². The van der Waals surface area contributed by atoms with Crippen LogP contribution in [0.15, 0.2) is 49.1 Å². The van der Waals surface area contributed by atoms with E-state index < -0.39 is 7.37 Å². The Labute approximate surface area is 146 Å². The molecule has 3 heteroatoms. The van der Waals surface area contributed by atoms with Gasteiger partial charge in [0.2, 0.25) is 0 Å². The van der Waals surface area contributed by atoms with E-state index in [9.17, 15) is 4.57 Å². The first-order chi connectivity index (χ1) is 11.4. The Morgan fingerprint density at radius 1 is 1.00 bits per heavy atom. The molecule has 2 rings (SSSR count). The van der Waals surface area contributed by atoms with E-state index in [1.165, 1.54) is 11.1 Å². The number of unbranched alkanes of at least 4 members (excludes halogenated alkanes) is 1. The van der Waals surface area contributed by atoms with Crippen molar-refractivity contribution in [1.82, 2.24) is 0 Å². The number of aryl methyl sites for hydroxylation is 4. The van der Waals surface area contributed by atoms with E-state index in [1.54, 1.807) is 0 Å². The molecule has 0 aliphatic carbocycles. The van der Waals surface area contributed by atoms with E-state index in [1.807, 2.05) is 58.0 Å². The maximum atomic E-state index is 13.8. The molecule has 2 aromatic rings. The summed E-state index contributed by atoms with van der Waals surface area (Å²) in [7, 11) is -2.97. The average Bonchev–Trinajstić information content (AvgIpc) is 2.50. The Bertz CT molecular complexity index is 777. The lowest BCUT2D eigenvalue weighted by molar-refractivity contribution is 0.488. The van der Waals surface area contributed by atoms with Crippen LogP contribution >= 0.6 is 7.37 Å². The van der Waals surface area contributed by atoms with Crippen molar-refractivity contribution < 1.29 is 9.09 Å². The average molecular weight is 342 g/mol. The zero-order valence-corrected chi connectivity index (χ0v) is 16.0. The van der Waals surface area contributed by atoms with Gasteiger partial charge in [-0.3, -0.25) is 4.57 Å². The monoisotopic (exact) mass is 342 g/mol. The molecule has 0 saturated heterocycles. The summed E-state index contributed by atoms with van der Waals surface area (Å²) in [5.74, 6) is 0.711. The van der Waals surface area contributed by atoms with Gasteiger partial charge >= 0.3 is 0 Å². The largest absolute Gasteiger partial charge is 0.440 e. The highest BCUT2D eigenvalue weighted by Gasteiger charge is 2.29. The van der Waals surface area contributed by atoms with E-state index in [4.69, 9.17) is 4.52 Å². The molecule has 0 radical (unpaired) electrons. The molecule has 24 heavy (non-hydrogen) atoms. The van der Waals surface area contributed by atoms with Gasteiger partial charge in [-0.2, -0.15) is 0 Å². The van der Waals surface area contributed by atoms with Gasteiger partial charge < -0.3 is 4.52 Å². The van der Waals surface area contributed by atoms with Crippen molar-refractivity contribution in [3.05, 3.63) is 71.3 Å². The van der Waals surface area contributed by atoms with Crippen LogP contribution in [-0.2, 0) is 4.57 Å². The second kappa shape index (κ2) is 7.85. The highest BCUT2D eigenvalue weighted by Crippen LogP contribution is 2.48. The minimum atomic E-state index is -2.97. The molecule has 1 atom stereocenters. The minimum Gasteiger partial charge on any atom is -0.440 e. The highest BCUT2D eigenvalue weighted by molar-refractivity contribution is 7.67. The van der Waals surface area contributed by atoms with Gasteiger partial charge in [-0.05, 0) is 63.8 Å². The van der Waals surface area contributed by atoms with Crippen molar-refractivity contribution in [2.75, 3.05) is 6.16 Å². The fourth-order valence-corrected chi connectivity index (χ4v) is 5.36. The van der Waals surface area contributed by atoms with E-state index in [-0.39, 0.29) is 0 Å². The second-order valence-electron chi connectivity index (χ2n) is 6.48. The van der Waals surface area contributed by atoms with Crippen molar-refractivity contribution in [1.29, 1.82) is 0 Å². The van der Waals surface area contributed by atoms with Crippen LogP contribution in [-0.4, -0.2) is 6.16 Å². The summed E-state index contributed by atoms with van der Waals surface area (Å²) in [5, 5.41) is 0.831. The first-order valence-corrected chi connectivity index (χ1v) is 10.2. The fraction of sp³-hybridized carbons (Fsp3) is 0.333. The van der Waals surface area contributed by atoms with Crippen molar-refractivity contribution in [3.8, 4) is 5.75 Å². The predicted molar refractivity (Wildman–Crippen MR) is 104 cm³/mol. The Morgan fingerprint density at radius 3 is 2.21 bits per heavy atom. The smallest absolute Gasteiger partial charge is 0.277 e. The molecule has 0 aliphatic rings. The van der Waals surface area contributed by atoms with Gasteiger partial charge in [0.1, 0.15) is 5.75 Å². The molecule has 0 heterocycles. The molecule has 0 amide bonds. The van der Waals surface area contributed by atoms with Crippen LogP contribution < -0.4 is 9.83 Å². The summed E-state index contributed by atoms with van der Waals surface area (Å²) in [6.07, 6.45) is 4.03. The molecule has 0 bridgehead atoms. The third-order valence-corrected chi connectivity index (χ3v) is 6.79. The van der Waals surface area contributed by atoms with Gasteiger partial charge in [0.05, 0.1) is 5.30 Å². The van der Waals surface area contributed by atoms with Crippen LogP contribution in [0.3, 0.4) is 0 Å². The molecule has 0 aromatic heterocycles. The van der Waals surface area contributed by atoms with Crippen molar-refractivity contribution in [3.63, 3.8) is 0 Å². The maximum Gasteiger partial charge on any atom is 0.277 e. The van der Waals surface area contributed by atoms with Gasteiger partial charge in [0.15, 0.2) is 0 Å².